The number of hydrogen-bond donors (Lipinski definition) is 3. The first kappa shape index (κ1) is 12.2. The lowest BCUT2D eigenvalue weighted by atomic mass is 10.1. The normalized spacial score (nSPS) is 16.0. The van der Waals surface area contributed by atoms with E-state index in [2.05, 4.69) is 5.32 Å². The highest BCUT2D eigenvalue weighted by Gasteiger charge is 2.24. The van der Waals surface area contributed by atoms with Crippen LogP contribution in [0, 0.1) is 0 Å². The van der Waals surface area contributed by atoms with Crippen LogP contribution in [0.4, 0.5) is 0 Å². The van der Waals surface area contributed by atoms with Crippen molar-refractivity contribution in [2.45, 2.75) is 6.42 Å². The molecule has 0 bridgehead atoms. The summed E-state index contributed by atoms with van der Waals surface area (Å²) in [6.45, 7) is 1.01. The fraction of sp³-hybridized carbons (Fsp3) is 0.333. The average molecular weight is 250 g/mol. The molecule has 2 rings (SSSR count). The number of carbonyl (C=O) groups excluding carboxylic acids is 2. The van der Waals surface area contributed by atoms with Crippen LogP contribution in [0.15, 0.2) is 18.2 Å². The summed E-state index contributed by atoms with van der Waals surface area (Å²) in [4.78, 5) is 24.8. The van der Waals surface area contributed by atoms with Gasteiger partial charge in [0.15, 0.2) is 0 Å². The van der Waals surface area contributed by atoms with Crippen LogP contribution in [-0.2, 0) is 4.79 Å². The molecule has 1 aromatic rings. The third kappa shape index (κ3) is 2.37. The number of nitrogens with one attached hydrogen (secondary N) is 1. The van der Waals surface area contributed by atoms with E-state index in [-0.39, 0.29) is 35.9 Å². The first-order chi connectivity index (χ1) is 8.59. The molecule has 6 nitrogen and oxygen atoms in total. The third-order valence-electron chi connectivity index (χ3n) is 2.83. The van der Waals surface area contributed by atoms with Crippen molar-refractivity contribution in [3.8, 4) is 11.5 Å². The van der Waals surface area contributed by atoms with Gasteiger partial charge in [0.25, 0.3) is 5.91 Å². The molecule has 3 N–H and O–H groups in total. The highest BCUT2D eigenvalue weighted by Crippen LogP contribution is 2.27. The Labute approximate surface area is 104 Å². The van der Waals surface area contributed by atoms with Crippen molar-refractivity contribution in [2.75, 3.05) is 19.6 Å². The molecule has 0 spiro atoms. The maximum absolute atomic E-state index is 12.2. The van der Waals surface area contributed by atoms with E-state index in [0.29, 0.717) is 13.1 Å². The van der Waals surface area contributed by atoms with Crippen molar-refractivity contribution in [2.24, 2.45) is 0 Å². The molecule has 0 aromatic heterocycles. The van der Waals surface area contributed by atoms with Gasteiger partial charge in [0, 0.05) is 26.1 Å². The first-order valence-electron chi connectivity index (χ1n) is 5.66. The zero-order valence-electron chi connectivity index (χ0n) is 9.72. The lowest BCUT2D eigenvalue weighted by Crippen LogP contribution is -2.34. The van der Waals surface area contributed by atoms with Crippen molar-refractivity contribution in [1.29, 1.82) is 0 Å². The molecule has 0 radical (unpaired) electrons. The standard InChI is InChI=1S/C12H14N2O4/c15-8-2-1-3-9(16)11(8)12(18)14-6-4-10(17)13-5-7-14/h1-3,15-16H,4-7H2,(H,13,17). The number of carbonyl (C=O) groups is 2. The second-order valence-electron chi connectivity index (χ2n) is 4.06. The Hall–Kier alpha value is -2.24. The van der Waals surface area contributed by atoms with Crippen LogP contribution in [0.3, 0.4) is 0 Å². The van der Waals surface area contributed by atoms with Crippen LogP contribution in [0.2, 0.25) is 0 Å². The summed E-state index contributed by atoms with van der Waals surface area (Å²) >= 11 is 0. The van der Waals surface area contributed by atoms with Crippen LogP contribution in [-0.4, -0.2) is 46.6 Å². The van der Waals surface area contributed by atoms with E-state index in [1.807, 2.05) is 0 Å². The summed E-state index contributed by atoms with van der Waals surface area (Å²) in [5.74, 6) is -1.10. The number of amides is 2. The molecule has 18 heavy (non-hydrogen) atoms. The van der Waals surface area contributed by atoms with Gasteiger partial charge >= 0.3 is 0 Å². The number of phenolic OH excluding ortho intramolecular Hbond substituents is 2. The lowest BCUT2D eigenvalue weighted by Gasteiger charge is -2.20. The van der Waals surface area contributed by atoms with E-state index >= 15 is 0 Å². The predicted molar refractivity (Wildman–Crippen MR) is 63.3 cm³/mol. The van der Waals surface area contributed by atoms with Crippen molar-refractivity contribution in [3.05, 3.63) is 23.8 Å². The van der Waals surface area contributed by atoms with E-state index < -0.39 is 5.91 Å². The Balaban J connectivity index is 2.23. The fourth-order valence-corrected chi connectivity index (χ4v) is 1.88. The summed E-state index contributed by atoms with van der Waals surface area (Å²) in [5.41, 5.74) is -0.119. The molecular formula is C12H14N2O4. The van der Waals surface area contributed by atoms with Crippen LogP contribution >= 0.6 is 0 Å². The van der Waals surface area contributed by atoms with Crippen molar-refractivity contribution < 1.29 is 19.8 Å². The summed E-state index contributed by atoms with van der Waals surface area (Å²) in [7, 11) is 0. The maximum Gasteiger partial charge on any atom is 0.261 e. The monoisotopic (exact) mass is 250 g/mol. The Morgan fingerprint density at radius 3 is 2.56 bits per heavy atom. The van der Waals surface area contributed by atoms with Crippen molar-refractivity contribution in [1.82, 2.24) is 10.2 Å². The fourth-order valence-electron chi connectivity index (χ4n) is 1.88. The minimum absolute atomic E-state index is 0.105. The Morgan fingerprint density at radius 1 is 1.22 bits per heavy atom. The third-order valence-corrected chi connectivity index (χ3v) is 2.83. The smallest absolute Gasteiger partial charge is 0.261 e. The highest BCUT2D eigenvalue weighted by atomic mass is 16.3. The van der Waals surface area contributed by atoms with Gasteiger partial charge in [-0.05, 0) is 12.1 Å². The number of rotatable bonds is 1. The minimum atomic E-state index is -0.470. The van der Waals surface area contributed by atoms with Crippen LogP contribution in [0.1, 0.15) is 16.8 Å². The zero-order chi connectivity index (χ0) is 13.1. The van der Waals surface area contributed by atoms with Crippen LogP contribution in [0.5, 0.6) is 11.5 Å². The number of nitrogens with zero attached hydrogens (tertiary/aromatic N) is 1. The molecule has 2 amide bonds. The molecule has 6 heteroatoms. The van der Waals surface area contributed by atoms with Gasteiger partial charge in [-0.2, -0.15) is 0 Å². The molecule has 1 fully saturated rings. The average Bonchev–Trinajstić information content (AvgIpc) is 2.53. The molecule has 1 aromatic carbocycles. The lowest BCUT2D eigenvalue weighted by molar-refractivity contribution is -0.120. The van der Waals surface area contributed by atoms with Crippen LogP contribution in [0.25, 0.3) is 0 Å². The molecular weight excluding hydrogens is 236 g/mol. The first-order valence-corrected chi connectivity index (χ1v) is 5.66. The van der Waals surface area contributed by atoms with Gasteiger partial charge in [-0.15, -0.1) is 0 Å². The summed E-state index contributed by atoms with van der Waals surface area (Å²) < 4.78 is 0. The van der Waals surface area contributed by atoms with Gasteiger partial charge in [-0.25, -0.2) is 0 Å². The maximum atomic E-state index is 12.2. The quantitative estimate of drug-likeness (QED) is 0.657. The number of aromatic hydroxyl groups is 2. The van der Waals surface area contributed by atoms with Crippen LogP contribution < -0.4 is 5.32 Å². The molecule has 1 aliphatic heterocycles. The molecule has 0 atom stereocenters. The van der Waals surface area contributed by atoms with Gasteiger partial charge < -0.3 is 20.4 Å². The van der Waals surface area contributed by atoms with Gasteiger partial charge in [0.05, 0.1) is 0 Å². The highest BCUT2D eigenvalue weighted by molar-refractivity contribution is 5.99. The van der Waals surface area contributed by atoms with Gasteiger partial charge in [-0.3, -0.25) is 9.59 Å². The SMILES string of the molecule is O=C1CCN(C(=O)c2c(O)cccc2O)CCN1. The predicted octanol–water partition coefficient (Wildman–Crippen LogP) is 0.0599. The Kier molecular flexibility index (Phi) is 3.36. The topological polar surface area (TPSA) is 89.9 Å². The summed E-state index contributed by atoms with van der Waals surface area (Å²) in [5, 5.41) is 21.9. The molecule has 0 aliphatic carbocycles. The molecule has 96 valence electrons. The summed E-state index contributed by atoms with van der Waals surface area (Å²) in [6, 6.07) is 4.14. The molecule has 0 unspecified atom stereocenters. The zero-order valence-corrected chi connectivity index (χ0v) is 9.72. The summed E-state index contributed by atoms with van der Waals surface area (Å²) in [6.07, 6.45) is 0.222. The Bertz CT molecular complexity index is 467. The molecule has 0 saturated carbocycles. The van der Waals surface area contributed by atoms with Crippen molar-refractivity contribution in [3.63, 3.8) is 0 Å². The van der Waals surface area contributed by atoms with Gasteiger partial charge in [0.1, 0.15) is 17.1 Å². The van der Waals surface area contributed by atoms with E-state index in [0.717, 1.165) is 0 Å². The Morgan fingerprint density at radius 2 is 1.89 bits per heavy atom. The number of phenols is 2. The molecule has 1 saturated heterocycles. The van der Waals surface area contributed by atoms with E-state index in [9.17, 15) is 19.8 Å². The largest absolute Gasteiger partial charge is 0.507 e. The minimum Gasteiger partial charge on any atom is -0.507 e. The van der Waals surface area contributed by atoms with E-state index in [4.69, 9.17) is 0 Å². The number of benzene rings is 1. The van der Waals surface area contributed by atoms with Gasteiger partial charge in [-0.1, -0.05) is 6.07 Å². The number of hydrogen-bond acceptors (Lipinski definition) is 4. The second kappa shape index (κ2) is 4.95. The van der Waals surface area contributed by atoms with E-state index in [1.54, 1.807) is 0 Å². The molecule has 1 heterocycles. The van der Waals surface area contributed by atoms with E-state index in [1.165, 1.54) is 23.1 Å². The second-order valence-corrected chi connectivity index (χ2v) is 4.06. The van der Waals surface area contributed by atoms with Crippen molar-refractivity contribution >= 4 is 11.8 Å². The molecule has 1 aliphatic rings. The van der Waals surface area contributed by atoms with Gasteiger partial charge in [0.2, 0.25) is 5.91 Å².